The topological polar surface area (TPSA) is 59.2 Å². The molecule has 1 unspecified atom stereocenters. The van der Waals surface area contributed by atoms with Crippen molar-refractivity contribution in [3.8, 4) is 0 Å². The molecule has 126 valence electrons. The molecule has 2 N–H and O–H groups in total. The van der Waals surface area contributed by atoms with Crippen molar-refractivity contribution in [2.24, 2.45) is 11.7 Å². The van der Waals surface area contributed by atoms with Crippen LogP contribution in [0.5, 0.6) is 0 Å². The third-order valence-corrected chi connectivity index (χ3v) is 7.42. The maximum absolute atomic E-state index is 12.0. The standard InChI is InChI=1S/C17H18ClN3OS2/c18-14-2-1-11(8-20-14)23-15-7-12(16(24-15)17(19)22)13-9-21-5-3-10(13)4-6-21/h1-2,7-8,10,13H,3-6,9H2,(H2,19,22). The Bertz CT molecular complexity index is 754. The predicted molar refractivity (Wildman–Crippen MR) is 98.1 cm³/mol. The summed E-state index contributed by atoms with van der Waals surface area (Å²) < 4.78 is 1.08. The quantitative estimate of drug-likeness (QED) is 0.819. The Morgan fingerprint density at radius 1 is 1.38 bits per heavy atom. The third kappa shape index (κ3) is 3.20. The highest BCUT2D eigenvalue weighted by atomic mass is 35.5. The van der Waals surface area contributed by atoms with Crippen LogP contribution >= 0.6 is 34.7 Å². The second kappa shape index (κ2) is 6.67. The second-order valence-electron chi connectivity index (χ2n) is 6.38. The summed E-state index contributed by atoms with van der Waals surface area (Å²) in [6.45, 7) is 3.43. The van der Waals surface area contributed by atoms with E-state index in [2.05, 4.69) is 16.0 Å². The number of fused-ring (bicyclic) bond motifs is 3. The Balaban J connectivity index is 1.63. The summed E-state index contributed by atoms with van der Waals surface area (Å²) in [5.41, 5.74) is 6.81. The van der Waals surface area contributed by atoms with Crippen molar-refractivity contribution in [2.45, 2.75) is 27.9 Å². The van der Waals surface area contributed by atoms with E-state index in [-0.39, 0.29) is 5.91 Å². The molecule has 2 aromatic heterocycles. The van der Waals surface area contributed by atoms with Crippen LogP contribution in [0.15, 0.2) is 33.5 Å². The van der Waals surface area contributed by atoms with Gasteiger partial charge in [0.25, 0.3) is 5.91 Å². The van der Waals surface area contributed by atoms with Crippen LogP contribution in [0.2, 0.25) is 5.15 Å². The van der Waals surface area contributed by atoms with Crippen molar-refractivity contribution in [1.29, 1.82) is 0 Å². The summed E-state index contributed by atoms with van der Waals surface area (Å²) in [7, 11) is 0. The van der Waals surface area contributed by atoms with E-state index in [4.69, 9.17) is 17.3 Å². The van der Waals surface area contributed by atoms with Crippen LogP contribution in [0.25, 0.3) is 0 Å². The number of primary amides is 1. The third-order valence-electron chi connectivity index (χ3n) is 4.94. The molecule has 5 heterocycles. The van der Waals surface area contributed by atoms with Gasteiger partial charge < -0.3 is 10.6 Å². The first-order valence-corrected chi connectivity index (χ1v) is 10.1. The molecular formula is C17H18ClN3OS2. The van der Waals surface area contributed by atoms with Gasteiger partial charge in [0.05, 0.1) is 9.09 Å². The molecule has 0 saturated carbocycles. The SMILES string of the molecule is NC(=O)c1sc(Sc2ccc(Cl)nc2)cc1C1CN2CCC1CC2. The zero-order chi connectivity index (χ0) is 16.7. The van der Waals surface area contributed by atoms with Crippen LogP contribution in [0.1, 0.15) is 34.0 Å². The summed E-state index contributed by atoms with van der Waals surface area (Å²) in [4.78, 5) is 20.3. The molecule has 3 aliphatic rings. The highest BCUT2D eigenvalue weighted by molar-refractivity contribution is 8.01. The Morgan fingerprint density at radius 3 is 2.75 bits per heavy atom. The minimum absolute atomic E-state index is 0.312. The second-order valence-corrected chi connectivity index (χ2v) is 9.19. The number of hydrogen-bond acceptors (Lipinski definition) is 5. The number of thiophene rings is 1. The van der Waals surface area contributed by atoms with Crippen LogP contribution in [-0.2, 0) is 0 Å². The summed E-state index contributed by atoms with van der Waals surface area (Å²) >= 11 is 8.95. The molecule has 3 saturated heterocycles. The molecule has 0 radical (unpaired) electrons. The smallest absolute Gasteiger partial charge is 0.259 e. The fourth-order valence-electron chi connectivity index (χ4n) is 3.76. The first kappa shape index (κ1) is 16.4. The molecular weight excluding hydrogens is 362 g/mol. The molecule has 0 aliphatic carbocycles. The Kier molecular flexibility index (Phi) is 4.56. The summed E-state index contributed by atoms with van der Waals surface area (Å²) in [6, 6.07) is 5.88. The highest BCUT2D eigenvalue weighted by Crippen LogP contribution is 2.45. The molecule has 0 aromatic carbocycles. The van der Waals surface area contributed by atoms with Gasteiger partial charge in [0.1, 0.15) is 5.15 Å². The molecule has 7 heteroatoms. The lowest BCUT2D eigenvalue weighted by Crippen LogP contribution is -2.46. The number of hydrogen-bond donors (Lipinski definition) is 1. The number of rotatable bonds is 4. The van der Waals surface area contributed by atoms with Gasteiger partial charge in [-0.1, -0.05) is 23.4 Å². The van der Waals surface area contributed by atoms with Gasteiger partial charge >= 0.3 is 0 Å². The van der Waals surface area contributed by atoms with Gasteiger partial charge in [-0.2, -0.15) is 0 Å². The van der Waals surface area contributed by atoms with Crippen molar-refractivity contribution < 1.29 is 4.79 Å². The van der Waals surface area contributed by atoms with Crippen LogP contribution < -0.4 is 5.73 Å². The van der Waals surface area contributed by atoms with E-state index in [0.717, 1.165) is 26.1 Å². The number of aromatic nitrogens is 1. The lowest BCUT2D eigenvalue weighted by molar-refractivity contribution is 0.0859. The molecule has 1 atom stereocenters. The molecule has 5 rings (SSSR count). The van der Waals surface area contributed by atoms with E-state index in [1.165, 1.54) is 37.3 Å². The van der Waals surface area contributed by atoms with Crippen LogP contribution in [0.4, 0.5) is 0 Å². The number of carbonyl (C=O) groups excluding carboxylic acids is 1. The molecule has 0 spiro atoms. The fraction of sp³-hybridized carbons (Fsp3) is 0.412. The van der Waals surface area contributed by atoms with Gasteiger partial charge in [-0.05, 0) is 55.6 Å². The van der Waals surface area contributed by atoms with E-state index in [0.29, 0.717) is 17.0 Å². The zero-order valence-corrected chi connectivity index (χ0v) is 15.5. The Labute approximate surface area is 154 Å². The van der Waals surface area contributed by atoms with Crippen molar-refractivity contribution >= 4 is 40.6 Å². The first-order valence-electron chi connectivity index (χ1n) is 8.05. The van der Waals surface area contributed by atoms with Gasteiger partial charge in [-0.25, -0.2) is 4.98 Å². The monoisotopic (exact) mass is 379 g/mol. The number of nitrogens with zero attached hydrogens (tertiary/aromatic N) is 2. The number of piperidine rings is 3. The minimum atomic E-state index is -0.312. The lowest BCUT2D eigenvalue weighted by Gasteiger charge is -2.45. The molecule has 1 amide bonds. The number of pyridine rings is 1. The number of carbonyl (C=O) groups is 1. The van der Waals surface area contributed by atoms with Crippen LogP contribution in [-0.4, -0.2) is 35.4 Å². The highest BCUT2D eigenvalue weighted by Gasteiger charge is 2.37. The maximum atomic E-state index is 12.0. The summed E-state index contributed by atoms with van der Waals surface area (Å²) in [6.07, 6.45) is 4.20. The molecule has 2 aromatic rings. The van der Waals surface area contributed by atoms with Gasteiger partial charge in [0.15, 0.2) is 0 Å². The summed E-state index contributed by atoms with van der Waals surface area (Å²) in [5, 5.41) is 0.483. The largest absolute Gasteiger partial charge is 0.365 e. The van der Waals surface area contributed by atoms with Gasteiger partial charge in [0, 0.05) is 23.6 Å². The van der Waals surface area contributed by atoms with E-state index in [9.17, 15) is 4.79 Å². The molecule has 2 bridgehead atoms. The normalized spacial score (nSPS) is 25.8. The van der Waals surface area contributed by atoms with Crippen molar-refractivity contribution in [3.05, 3.63) is 40.0 Å². The number of nitrogens with two attached hydrogens (primary N) is 1. The van der Waals surface area contributed by atoms with Crippen molar-refractivity contribution in [3.63, 3.8) is 0 Å². The van der Waals surface area contributed by atoms with Gasteiger partial charge in [0.2, 0.25) is 0 Å². The van der Waals surface area contributed by atoms with Gasteiger partial charge in [-0.3, -0.25) is 4.79 Å². The molecule has 3 aliphatic heterocycles. The van der Waals surface area contributed by atoms with E-state index < -0.39 is 0 Å². The lowest BCUT2D eigenvalue weighted by atomic mass is 9.75. The minimum Gasteiger partial charge on any atom is -0.365 e. The number of amides is 1. The Hall–Kier alpha value is -1.08. The Morgan fingerprint density at radius 2 is 2.17 bits per heavy atom. The number of halogens is 1. The fourth-order valence-corrected chi connectivity index (χ4v) is 6.05. The maximum Gasteiger partial charge on any atom is 0.259 e. The average molecular weight is 380 g/mol. The van der Waals surface area contributed by atoms with E-state index >= 15 is 0 Å². The molecule has 4 nitrogen and oxygen atoms in total. The molecule has 3 fully saturated rings. The van der Waals surface area contributed by atoms with E-state index in [1.807, 2.05) is 6.07 Å². The van der Waals surface area contributed by atoms with Gasteiger partial charge in [-0.15, -0.1) is 11.3 Å². The van der Waals surface area contributed by atoms with Crippen molar-refractivity contribution in [2.75, 3.05) is 19.6 Å². The first-order chi connectivity index (χ1) is 11.6. The molecule has 24 heavy (non-hydrogen) atoms. The van der Waals surface area contributed by atoms with Crippen LogP contribution in [0, 0.1) is 5.92 Å². The van der Waals surface area contributed by atoms with Crippen LogP contribution in [0.3, 0.4) is 0 Å². The average Bonchev–Trinajstić information content (AvgIpc) is 3.02. The predicted octanol–water partition coefficient (Wildman–Crippen LogP) is 3.86. The van der Waals surface area contributed by atoms with E-state index in [1.54, 1.807) is 24.0 Å². The zero-order valence-electron chi connectivity index (χ0n) is 13.1. The summed E-state index contributed by atoms with van der Waals surface area (Å²) in [5.74, 6) is 0.800. The van der Waals surface area contributed by atoms with Crippen molar-refractivity contribution in [1.82, 2.24) is 9.88 Å².